The molecular weight excluding hydrogens is 390 g/mol. The average Bonchev–Trinajstić information content (AvgIpc) is 3.06. The van der Waals surface area contributed by atoms with Crippen molar-refractivity contribution in [3.05, 3.63) is 72.6 Å². The maximum Gasteiger partial charge on any atom is 0.332 e. The van der Waals surface area contributed by atoms with Crippen LogP contribution in [0.2, 0.25) is 0 Å². The van der Waals surface area contributed by atoms with E-state index in [0.29, 0.717) is 11.8 Å². The zero-order valence-corrected chi connectivity index (χ0v) is 14.6. The van der Waals surface area contributed by atoms with Crippen molar-refractivity contribution >= 4 is 27.5 Å². The average molecular weight is 404 g/mol. The Morgan fingerprint density at radius 3 is 2.96 bits per heavy atom. The van der Waals surface area contributed by atoms with Crippen molar-refractivity contribution in [3.63, 3.8) is 0 Å². The number of rotatable bonds is 4. The number of halogens is 1. The van der Waals surface area contributed by atoms with E-state index in [4.69, 9.17) is 0 Å². The van der Waals surface area contributed by atoms with Gasteiger partial charge in [0.25, 0.3) is 5.43 Å². The minimum atomic E-state index is -0.739. The third kappa shape index (κ3) is 2.76. The van der Waals surface area contributed by atoms with Gasteiger partial charge >= 0.3 is 5.69 Å². The molecule has 3 unspecified atom stereocenters. The van der Waals surface area contributed by atoms with Crippen LogP contribution in [0, 0.1) is 16.0 Å². The summed E-state index contributed by atoms with van der Waals surface area (Å²) in [5.74, 6) is 0.551. The third-order valence-electron chi connectivity index (χ3n) is 4.93. The van der Waals surface area contributed by atoms with Crippen LogP contribution in [-0.2, 0) is 17.8 Å². The van der Waals surface area contributed by atoms with Gasteiger partial charge in [0.2, 0.25) is 5.91 Å². The van der Waals surface area contributed by atoms with E-state index in [-0.39, 0.29) is 18.5 Å². The van der Waals surface area contributed by atoms with Crippen molar-refractivity contribution in [1.82, 2.24) is 9.88 Å². The summed E-state index contributed by atoms with van der Waals surface area (Å²) in [6.07, 6.45) is 3.42. The summed E-state index contributed by atoms with van der Waals surface area (Å²) < 4.78 is 2.47. The van der Waals surface area contributed by atoms with Crippen molar-refractivity contribution in [2.24, 2.45) is 5.92 Å². The summed E-state index contributed by atoms with van der Waals surface area (Å²) in [7, 11) is 0. The second-order valence-corrected chi connectivity index (χ2v) is 7.27. The normalized spacial score (nSPS) is 22.8. The summed E-state index contributed by atoms with van der Waals surface area (Å²) in [4.78, 5) is 33.7. The molecule has 1 aromatic heterocycles. The quantitative estimate of drug-likeness (QED) is 0.623. The van der Waals surface area contributed by atoms with Gasteiger partial charge in [0, 0.05) is 28.7 Å². The number of carbonyl (C=O) groups is 1. The lowest BCUT2D eigenvalue weighted by molar-refractivity contribution is -0.386. The van der Waals surface area contributed by atoms with Gasteiger partial charge in [-0.05, 0) is 29.5 Å². The number of pyridine rings is 1. The van der Waals surface area contributed by atoms with Crippen LogP contribution in [0.4, 0.5) is 5.69 Å². The Balaban J connectivity index is 1.43. The lowest BCUT2D eigenvalue weighted by atomic mass is 10.1. The Labute approximate surface area is 150 Å². The first kappa shape index (κ1) is 16.0. The van der Waals surface area contributed by atoms with Crippen LogP contribution in [0.3, 0.4) is 0 Å². The van der Waals surface area contributed by atoms with Gasteiger partial charge in [-0.15, -0.1) is 0 Å². The number of benzene rings is 1. The van der Waals surface area contributed by atoms with Gasteiger partial charge < -0.3 is 9.88 Å². The third-order valence-corrected chi connectivity index (χ3v) is 5.67. The van der Waals surface area contributed by atoms with E-state index in [1.165, 1.54) is 21.9 Å². The van der Waals surface area contributed by atoms with Crippen LogP contribution in [-0.4, -0.2) is 21.4 Å². The number of hydrogen-bond donors (Lipinski definition) is 1. The monoisotopic (exact) mass is 403 g/mol. The van der Waals surface area contributed by atoms with Crippen LogP contribution in [0.15, 0.2) is 45.9 Å². The van der Waals surface area contributed by atoms with Crippen molar-refractivity contribution < 1.29 is 9.72 Å². The summed E-state index contributed by atoms with van der Waals surface area (Å²) in [6.45, 7) is -0.0532. The second kappa shape index (κ2) is 5.80. The predicted molar refractivity (Wildman–Crippen MR) is 93.4 cm³/mol. The molecule has 8 heteroatoms. The number of nitrogens with one attached hydrogen (secondary N) is 1. The van der Waals surface area contributed by atoms with E-state index >= 15 is 0 Å². The van der Waals surface area contributed by atoms with Gasteiger partial charge in [-0.3, -0.25) is 19.7 Å². The smallest absolute Gasteiger partial charge is 0.332 e. The van der Waals surface area contributed by atoms with Crippen molar-refractivity contribution in [2.75, 3.05) is 0 Å². The highest BCUT2D eigenvalue weighted by molar-refractivity contribution is 9.10. The molecular formula is C17H14BrN3O4. The maximum absolute atomic E-state index is 12.2. The molecule has 1 aromatic carbocycles. The van der Waals surface area contributed by atoms with E-state index in [0.717, 1.165) is 23.2 Å². The molecule has 0 aliphatic heterocycles. The van der Waals surface area contributed by atoms with Gasteiger partial charge in [-0.1, -0.05) is 28.1 Å². The second-order valence-electron chi connectivity index (χ2n) is 6.42. The number of fused-ring (bicyclic) bond motifs is 3. The first-order chi connectivity index (χ1) is 12.0. The number of hydrogen-bond acceptors (Lipinski definition) is 4. The molecule has 2 aliphatic rings. The fourth-order valence-electron chi connectivity index (χ4n) is 3.73. The summed E-state index contributed by atoms with van der Waals surface area (Å²) >= 11 is 3.56. The topological polar surface area (TPSA) is 94.2 Å². The molecule has 25 heavy (non-hydrogen) atoms. The van der Waals surface area contributed by atoms with Crippen LogP contribution < -0.4 is 10.7 Å². The molecule has 1 saturated carbocycles. The maximum atomic E-state index is 12.2. The molecule has 1 heterocycles. The van der Waals surface area contributed by atoms with Gasteiger partial charge in [0.1, 0.15) is 6.54 Å². The molecule has 0 spiro atoms. The fraction of sp³-hybridized carbons (Fsp3) is 0.294. The molecule has 0 bridgehead atoms. The standard InChI is InChI=1S/C17H14BrN3O4/c18-12-3-1-2-9-10(12)6-11-16(9)17(11)19-15(23)8-20-5-4-14(22)13(7-20)21(24)25/h1-5,7,11,16-17H,6,8H2,(H,19,23). The molecule has 2 aromatic rings. The van der Waals surface area contributed by atoms with Crippen molar-refractivity contribution in [3.8, 4) is 0 Å². The number of carbonyl (C=O) groups excluding carboxylic acids is 1. The van der Waals surface area contributed by atoms with E-state index in [1.807, 2.05) is 12.1 Å². The first-order valence-corrected chi connectivity index (χ1v) is 8.66. The molecule has 1 amide bonds. The molecule has 1 fully saturated rings. The molecule has 7 nitrogen and oxygen atoms in total. The van der Waals surface area contributed by atoms with Crippen LogP contribution in [0.5, 0.6) is 0 Å². The van der Waals surface area contributed by atoms with E-state index in [1.54, 1.807) is 0 Å². The Morgan fingerprint density at radius 1 is 1.40 bits per heavy atom. The first-order valence-electron chi connectivity index (χ1n) is 7.87. The lowest BCUT2D eigenvalue weighted by Crippen LogP contribution is -2.32. The van der Waals surface area contributed by atoms with Gasteiger partial charge in [0.05, 0.1) is 11.1 Å². The summed E-state index contributed by atoms with van der Waals surface area (Å²) in [6, 6.07) is 7.35. The number of aromatic nitrogens is 1. The van der Waals surface area contributed by atoms with E-state index in [2.05, 4.69) is 27.3 Å². The molecule has 0 saturated heterocycles. The van der Waals surface area contributed by atoms with Crippen molar-refractivity contribution in [2.45, 2.75) is 24.9 Å². The van der Waals surface area contributed by atoms with Crippen LogP contribution >= 0.6 is 15.9 Å². The molecule has 2 aliphatic carbocycles. The molecule has 3 atom stereocenters. The Morgan fingerprint density at radius 2 is 2.20 bits per heavy atom. The zero-order valence-electron chi connectivity index (χ0n) is 13.0. The highest BCUT2D eigenvalue weighted by Gasteiger charge is 2.56. The largest absolute Gasteiger partial charge is 0.351 e. The van der Waals surface area contributed by atoms with Gasteiger partial charge in [-0.2, -0.15) is 0 Å². The van der Waals surface area contributed by atoms with Crippen molar-refractivity contribution in [1.29, 1.82) is 0 Å². The molecule has 4 rings (SSSR count). The zero-order chi connectivity index (χ0) is 17.7. The highest BCUT2D eigenvalue weighted by atomic mass is 79.9. The Kier molecular flexibility index (Phi) is 3.72. The summed E-state index contributed by atoms with van der Waals surface area (Å²) in [5, 5.41) is 13.8. The molecule has 0 radical (unpaired) electrons. The molecule has 128 valence electrons. The lowest BCUT2D eigenvalue weighted by Gasteiger charge is -2.12. The minimum Gasteiger partial charge on any atom is -0.351 e. The summed E-state index contributed by atoms with van der Waals surface area (Å²) in [5.41, 5.74) is 1.40. The fourth-order valence-corrected chi connectivity index (χ4v) is 4.28. The Bertz CT molecular complexity index is 955. The SMILES string of the molecule is O=C(Cn1ccc(=O)c([N+](=O)[O-])c1)NC1C2Cc3c(Br)cccc3C21. The number of nitrogens with zero attached hydrogens (tertiary/aromatic N) is 2. The minimum absolute atomic E-state index is 0.0532. The van der Waals surface area contributed by atoms with Crippen LogP contribution in [0.25, 0.3) is 0 Å². The highest BCUT2D eigenvalue weighted by Crippen LogP contribution is 2.57. The van der Waals surface area contributed by atoms with Gasteiger partial charge in [-0.25, -0.2) is 0 Å². The van der Waals surface area contributed by atoms with Gasteiger partial charge in [0.15, 0.2) is 0 Å². The van der Waals surface area contributed by atoms with E-state index in [9.17, 15) is 19.7 Å². The Hall–Kier alpha value is -2.48. The van der Waals surface area contributed by atoms with Crippen LogP contribution in [0.1, 0.15) is 17.0 Å². The predicted octanol–water partition coefficient (Wildman–Crippen LogP) is 1.97. The number of nitro groups is 1. The molecule has 1 N–H and O–H groups in total. The number of amides is 1. The van der Waals surface area contributed by atoms with E-state index < -0.39 is 16.0 Å².